The Morgan fingerprint density at radius 3 is 2.27 bits per heavy atom. The predicted molar refractivity (Wildman–Crippen MR) is 104 cm³/mol. The third-order valence-electron chi connectivity index (χ3n) is 5.42. The number of rotatable bonds is 4. The van der Waals surface area contributed by atoms with Crippen LogP contribution in [-0.2, 0) is 14.6 Å². The molecule has 7 heteroatoms. The first-order valence-corrected chi connectivity index (χ1v) is 11.4. The summed E-state index contributed by atoms with van der Waals surface area (Å²) in [5.41, 5.74) is -1.11. The van der Waals surface area contributed by atoms with Gasteiger partial charge in [0.05, 0.1) is 10.6 Å². The van der Waals surface area contributed by atoms with Crippen molar-refractivity contribution in [2.75, 3.05) is 5.75 Å². The largest absolute Gasteiger partial charge is 0.444 e. The number of hydrogen-bond acceptors (Lipinski definition) is 4. The van der Waals surface area contributed by atoms with Crippen LogP contribution in [0.5, 0.6) is 0 Å². The molecule has 2 fully saturated rings. The Kier molecular flexibility index (Phi) is 4.93. The third-order valence-corrected chi connectivity index (χ3v) is 7.93. The van der Waals surface area contributed by atoms with Crippen LogP contribution >= 0.6 is 15.9 Å². The van der Waals surface area contributed by atoms with Crippen LogP contribution in [0.3, 0.4) is 0 Å². The van der Waals surface area contributed by atoms with Gasteiger partial charge in [0.1, 0.15) is 5.60 Å². The Morgan fingerprint density at radius 2 is 1.73 bits per heavy atom. The molecule has 144 valence electrons. The molecule has 26 heavy (non-hydrogen) atoms. The third kappa shape index (κ3) is 4.25. The summed E-state index contributed by atoms with van der Waals surface area (Å²) < 4.78 is 32.0. The van der Waals surface area contributed by atoms with E-state index in [-0.39, 0.29) is 16.7 Å². The van der Waals surface area contributed by atoms with Crippen LogP contribution in [0.4, 0.5) is 4.79 Å². The van der Waals surface area contributed by atoms with Crippen molar-refractivity contribution >= 4 is 31.9 Å². The molecule has 0 heterocycles. The zero-order chi connectivity index (χ0) is 19.2. The number of carbonyl (C=O) groups is 1. The van der Waals surface area contributed by atoms with Crippen molar-refractivity contribution in [1.82, 2.24) is 5.32 Å². The molecule has 0 spiro atoms. The molecular weight excluding hydrogens is 418 g/mol. The standard InChI is InChI=1S/C19H26BrNO4S/c1-17(2,3)25-16(22)21-19-10-8-18(12-19,9-11-19)13-26(23,24)15-6-4-14(20)5-7-15/h4-7H,8-13H2,1-3H3,(H,21,22). The minimum Gasteiger partial charge on any atom is -0.444 e. The number of fused-ring (bicyclic) bond motifs is 2. The van der Waals surface area contributed by atoms with Gasteiger partial charge in [-0.1, -0.05) is 15.9 Å². The van der Waals surface area contributed by atoms with Crippen LogP contribution in [0, 0.1) is 5.41 Å². The van der Waals surface area contributed by atoms with E-state index in [9.17, 15) is 13.2 Å². The summed E-state index contributed by atoms with van der Waals surface area (Å²) in [6.07, 6.45) is 3.54. The Balaban J connectivity index is 1.70. The van der Waals surface area contributed by atoms with Crippen molar-refractivity contribution in [2.24, 2.45) is 5.41 Å². The zero-order valence-corrected chi connectivity index (χ0v) is 17.9. The molecule has 2 aliphatic carbocycles. The molecule has 2 bridgehead atoms. The highest BCUT2D eigenvalue weighted by Gasteiger charge is 2.56. The Morgan fingerprint density at radius 1 is 1.15 bits per heavy atom. The van der Waals surface area contributed by atoms with Crippen LogP contribution in [0.25, 0.3) is 0 Å². The number of amides is 1. The van der Waals surface area contributed by atoms with E-state index in [2.05, 4.69) is 21.2 Å². The number of ether oxygens (including phenoxy) is 1. The van der Waals surface area contributed by atoms with E-state index in [1.165, 1.54) is 0 Å². The van der Waals surface area contributed by atoms with E-state index in [1.807, 2.05) is 20.8 Å². The van der Waals surface area contributed by atoms with Gasteiger partial charge in [-0.05, 0) is 82.6 Å². The summed E-state index contributed by atoms with van der Waals surface area (Å²) in [6.45, 7) is 5.51. The smallest absolute Gasteiger partial charge is 0.408 e. The number of sulfone groups is 1. The van der Waals surface area contributed by atoms with Gasteiger partial charge in [-0.25, -0.2) is 13.2 Å². The summed E-state index contributed by atoms with van der Waals surface area (Å²) in [5.74, 6) is 0.138. The maximum Gasteiger partial charge on any atom is 0.408 e. The lowest BCUT2D eigenvalue weighted by Gasteiger charge is -2.30. The van der Waals surface area contributed by atoms with Gasteiger partial charge in [-0.3, -0.25) is 0 Å². The van der Waals surface area contributed by atoms with Gasteiger partial charge in [0, 0.05) is 10.0 Å². The Hall–Kier alpha value is -1.08. The van der Waals surface area contributed by atoms with E-state index < -0.39 is 21.5 Å². The van der Waals surface area contributed by atoms with Gasteiger partial charge in [0.15, 0.2) is 9.84 Å². The molecule has 0 unspecified atom stereocenters. The van der Waals surface area contributed by atoms with E-state index in [1.54, 1.807) is 24.3 Å². The lowest BCUT2D eigenvalue weighted by molar-refractivity contribution is 0.0458. The summed E-state index contributed by atoms with van der Waals surface area (Å²) in [6, 6.07) is 6.79. The summed E-state index contributed by atoms with van der Waals surface area (Å²) >= 11 is 3.33. The highest BCUT2D eigenvalue weighted by Crippen LogP contribution is 2.57. The lowest BCUT2D eigenvalue weighted by atomic mass is 9.86. The van der Waals surface area contributed by atoms with Crippen molar-refractivity contribution in [2.45, 2.75) is 68.9 Å². The molecule has 0 saturated heterocycles. The second-order valence-electron chi connectivity index (χ2n) is 8.80. The number of halogens is 1. The topological polar surface area (TPSA) is 72.5 Å². The average molecular weight is 444 g/mol. The van der Waals surface area contributed by atoms with Gasteiger partial charge < -0.3 is 10.1 Å². The van der Waals surface area contributed by atoms with Crippen LogP contribution in [0.2, 0.25) is 0 Å². The van der Waals surface area contributed by atoms with Crippen LogP contribution in [-0.4, -0.2) is 31.4 Å². The van der Waals surface area contributed by atoms with Crippen molar-refractivity contribution in [3.05, 3.63) is 28.7 Å². The fourth-order valence-corrected chi connectivity index (χ4v) is 6.52. The average Bonchev–Trinajstić information content (AvgIpc) is 2.99. The molecule has 1 aromatic rings. The predicted octanol–water partition coefficient (Wildman–Crippen LogP) is 4.45. The molecule has 0 atom stereocenters. The first-order valence-electron chi connectivity index (χ1n) is 8.92. The highest BCUT2D eigenvalue weighted by atomic mass is 79.9. The van der Waals surface area contributed by atoms with Gasteiger partial charge in [-0.2, -0.15) is 0 Å². The van der Waals surface area contributed by atoms with Gasteiger partial charge in [0.2, 0.25) is 0 Å². The van der Waals surface area contributed by atoms with E-state index in [0.717, 1.165) is 30.2 Å². The highest BCUT2D eigenvalue weighted by molar-refractivity contribution is 9.10. The van der Waals surface area contributed by atoms with Gasteiger partial charge >= 0.3 is 6.09 Å². The molecule has 5 nitrogen and oxygen atoms in total. The Labute approximate surface area is 163 Å². The summed E-state index contributed by atoms with van der Waals surface area (Å²) in [7, 11) is -3.35. The molecule has 2 saturated carbocycles. The molecule has 1 aromatic carbocycles. The number of nitrogens with one attached hydrogen (secondary N) is 1. The molecule has 2 aliphatic rings. The fourth-order valence-electron chi connectivity index (χ4n) is 4.34. The Bertz CT molecular complexity index is 788. The molecule has 3 rings (SSSR count). The van der Waals surface area contributed by atoms with Crippen molar-refractivity contribution in [1.29, 1.82) is 0 Å². The van der Waals surface area contributed by atoms with Crippen molar-refractivity contribution in [3.63, 3.8) is 0 Å². The molecule has 0 aliphatic heterocycles. The summed E-state index contributed by atoms with van der Waals surface area (Å²) in [5, 5.41) is 3.04. The monoisotopic (exact) mass is 443 g/mol. The molecule has 1 N–H and O–H groups in total. The second kappa shape index (κ2) is 6.51. The van der Waals surface area contributed by atoms with Crippen LogP contribution < -0.4 is 5.32 Å². The maximum atomic E-state index is 12.9. The van der Waals surface area contributed by atoms with Crippen molar-refractivity contribution < 1.29 is 17.9 Å². The quantitative estimate of drug-likeness (QED) is 0.745. The minimum atomic E-state index is -3.35. The molecule has 1 amide bonds. The van der Waals surface area contributed by atoms with E-state index in [0.29, 0.717) is 11.3 Å². The normalized spacial score (nSPS) is 28.2. The SMILES string of the molecule is CC(C)(C)OC(=O)NC12CCC(CS(=O)(=O)c3ccc(Br)cc3)(CC1)C2. The zero-order valence-electron chi connectivity index (χ0n) is 15.5. The van der Waals surface area contributed by atoms with Gasteiger partial charge in [0.25, 0.3) is 0 Å². The first kappa shape index (κ1) is 19.7. The molecule has 0 radical (unpaired) electrons. The number of carbonyl (C=O) groups excluding carboxylic acids is 1. The van der Waals surface area contributed by atoms with Crippen molar-refractivity contribution in [3.8, 4) is 0 Å². The van der Waals surface area contributed by atoms with E-state index in [4.69, 9.17) is 4.74 Å². The second-order valence-corrected chi connectivity index (χ2v) is 11.7. The summed E-state index contributed by atoms with van der Waals surface area (Å²) in [4.78, 5) is 12.5. The number of hydrogen-bond donors (Lipinski definition) is 1. The number of alkyl carbamates (subject to hydrolysis) is 1. The van der Waals surface area contributed by atoms with Gasteiger partial charge in [-0.15, -0.1) is 0 Å². The minimum absolute atomic E-state index is 0.138. The molecule has 0 aromatic heterocycles. The maximum absolute atomic E-state index is 12.9. The van der Waals surface area contributed by atoms with E-state index >= 15 is 0 Å². The molecular formula is C19H26BrNO4S. The lowest BCUT2D eigenvalue weighted by Crippen LogP contribution is -2.47. The van der Waals surface area contributed by atoms with Crippen LogP contribution in [0.1, 0.15) is 52.9 Å². The fraction of sp³-hybridized carbons (Fsp3) is 0.632. The number of benzene rings is 1. The first-order chi connectivity index (χ1) is 11.9. The van der Waals surface area contributed by atoms with Crippen LogP contribution in [0.15, 0.2) is 33.6 Å².